The Kier molecular flexibility index (Phi) is 5.61. The van der Waals surface area contributed by atoms with Gasteiger partial charge in [-0.3, -0.25) is 0 Å². The van der Waals surface area contributed by atoms with E-state index in [1.807, 2.05) is 12.4 Å². The predicted molar refractivity (Wildman–Crippen MR) is 116 cm³/mol. The van der Waals surface area contributed by atoms with Gasteiger partial charge < -0.3 is 19.9 Å². The fourth-order valence-electron chi connectivity index (χ4n) is 5.00. The van der Waals surface area contributed by atoms with Gasteiger partial charge in [0.2, 0.25) is 0 Å². The smallest absolute Gasteiger partial charge is 0.0961 e. The monoisotopic (exact) mass is 390 g/mol. The van der Waals surface area contributed by atoms with Crippen LogP contribution in [-0.2, 0) is 17.8 Å². The number of aromatic nitrogens is 2. The topological polar surface area (TPSA) is 51.1 Å². The van der Waals surface area contributed by atoms with Crippen LogP contribution >= 0.6 is 0 Å². The van der Waals surface area contributed by atoms with Crippen molar-refractivity contribution in [2.75, 3.05) is 19.8 Å². The van der Waals surface area contributed by atoms with Gasteiger partial charge in [-0.1, -0.05) is 42.8 Å². The van der Waals surface area contributed by atoms with Crippen LogP contribution in [0.5, 0.6) is 0 Å². The molecule has 2 aliphatic rings. The largest absolute Gasteiger partial charge is 0.379 e. The third-order valence-corrected chi connectivity index (χ3v) is 6.48. The van der Waals surface area contributed by atoms with Crippen molar-refractivity contribution < 1.29 is 4.74 Å². The first kappa shape index (κ1) is 18.8. The second kappa shape index (κ2) is 8.66. The molecule has 0 radical (unpaired) electrons. The Balaban J connectivity index is 1.23. The van der Waals surface area contributed by atoms with Gasteiger partial charge in [0.15, 0.2) is 0 Å². The van der Waals surface area contributed by atoms with Crippen LogP contribution in [0, 0.1) is 5.92 Å². The van der Waals surface area contributed by atoms with Crippen LogP contribution in [-0.4, -0.2) is 41.4 Å². The number of para-hydroxylation sites is 2. The highest BCUT2D eigenvalue weighted by Crippen LogP contribution is 2.29. The van der Waals surface area contributed by atoms with Gasteiger partial charge in [0.25, 0.3) is 0 Å². The third kappa shape index (κ3) is 4.22. The first-order chi connectivity index (χ1) is 14.4. The van der Waals surface area contributed by atoms with Gasteiger partial charge in [0.1, 0.15) is 0 Å². The number of nitrogens with one attached hydrogen (secondary N) is 2. The van der Waals surface area contributed by atoms with Crippen LogP contribution in [0.3, 0.4) is 0 Å². The van der Waals surface area contributed by atoms with Crippen molar-refractivity contribution in [2.24, 2.45) is 5.92 Å². The summed E-state index contributed by atoms with van der Waals surface area (Å²) in [6.45, 7) is 4.47. The zero-order chi connectivity index (χ0) is 19.5. The summed E-state index contributed by atoms with van der Waals surface area (Å²) in [5.41, 5.74) is 4.91. The molecular weight excluding hydrogens is 360 g/mol. The molecule has 3 aromatic rings. The van der Waals surface area contributed by atoms with E-state index in [-0.39, 0.29) is 0 Å². The van der Waals surface area contributed by atoms with Gasteiger partial charge >= 0.3 is 0 Å². The van der Waals surface area contributed by atoms with Crippen molar-refractivity contribution in [3.8, 4) is 0 Å². The van der Waals surface area contributed by atoms with E-state index in [1.54, 1.807) is 0 Å². The molecule has 0 spiro atoms. The molecule has 5 rings (SSSR count). The third-order valence-electron chi connectivity index (χ3n) is 6.48. The lowest BCUT2D eigenvalue weighted by molar-refractivity contribution is 0.0524. The summed E-state index contributed by atoms with van der Waals surface area (Å²) in [5.74, 6) is 0.677. The second-order valence-corrected chi connectivity index (χ2v) is 8.40. The van der Waals surface area contributed by atoms with Crippen LogP contribution in [0.25, 0.3) is 11.0 Å². The normalized spacial score (nSPS) is 24.9. The van der Waals surface area contributed by atoms with E-state index in [1.165, 1.54) is 35.9 Å². The molecule has 1 aliphatic carbocycles. The lowest BCUT2D eigenvalue weighted by atomic mass is 9.94. The molecule has 0 bridgehead atoms. The molecule has 5 heteroatoms. The number of rotatable bonds is 6. The highest BCUT2D eigenvalue weighted by Gasteiger charge is 2.34. The van der Waals surface area contributed by atoms with Crippen molar-refractivity contribution in [1.29, 1.82) is 0 Å². The van der Waals surface area contributed by atoms with Crippen molar-refractivity contribution in [2.45, 2.75) is 44.4 Å². The summed E-state index contributed by atoms with van der Waals surface area (Å²) >= 11 is 0. The van der Waals surface area contributed by atoms with Crippen molar-refractivity contribution >= 4 is 11.0 Å². The second-order valence-electron chi connectivity index (χ2n) is 8.40. The Hall–Kier alpha value is -2.21. The number of hydrogen-bond donors (Lipinski definition) is 2. The quantitative estimate of drug-likeness (QED) is 0.678. The maximum Gasteiger partial charge on any atom is 0.0961 e. The lowest BCUT2D eigenvalue weighted by Gasteiger charge is -2.33. The first-order valence-electron chi connectivity index (χ1n) is 10.9. The predicted octanol–water partition coefficient (Wildman–Crippen LogP) is 3.33. The van der Waals surface area contributed by atoms with Crippen molar-refractivity contribution in [1.82, 2.24) is 20.2 Å². The summed E-state index contributed by atoms with van der Waals surface area (Å²) in [5, 5.41) is 7.51. The molecule has 29 heavy (non-hydrogen) atoms. The molecule has 1 aromatic heterocycles. The zero-order valence-electron chi connectivity index (χ0n) is 16.9. The van der Waals surface area contributed by atoms with Gasteiger partial charge in [-0.15, -0.1) is 0 Å². The summed E-state index contributed by atoms with van der Waals surface area (Å²) in [7, 11) is 0. The Morgan fingerprint density at radius 3 is 2.97 bits per heavy atom. The Labute approximate surface area is 172 Å². The molecule has 2 heterocycles. The average molecular weight is 391 g/mol. The highest BCUT2D eigenvalue weighted by molar-refractivity contribution is 5.75. The Morgan fingerprint density at radius 2 is 2.03 bits per heavy atom. The minimum Gasteiger partial charge on any atom is -0.379 e. The zero-order valence-corrected chi connectivity index (χ0v) is 16.9. The van der Waals surface area contributed by atoms with Gasteiger partial charge in [0, 0.05) is 31.7 Å². The van der Waals surface area contributed by atoms with Gasteiger partial charge in [0.05, 0.1) is 30.6 Å². The Morgan fingerprint density at radius 1 is 1.10 bits per heavy atom. The van der Waals surface area contributed by atoms with Gasteiger partial charge in [-0.25, -0.2) is 4.98 Å². The number of fused-ring (bicyclic) bond motifs is 1. The van der Waals surface area contributed by atoms with Gasteiger partial charge in [-0.05, 0) is 42.0 Å². The number of ether oxygens (including phenoxy) is 1. The van der Waals surface area contributed by atoms with E-state index in [4.69, 9.17) is 4.74 Å². The molecular formula is C24H30N4O. The van der Waals surface area contributed by atoms with Crippen molar-refractivity contribution in [3.63, 3.8) is 0 Å². The number of imidazole rings is 1. The van der Waals surface area contributed by atoms with E-state index in [2.05, 4.69) is 62.6 Å². The first-order valence-corrected chi connectivity index (χ1v) is 10.9. The molecule has 2 aromatic carbocycles. The highest BCUT2D eigenvalue weighted by atomic mass is 16.5. The van der Waals surface area contributed by atoms with Crippen molar-refractivity contribution in [3.05, 3.63) is 66.0 Å². The fraction of sp³-hybridized carbons (Fsp3) is 0.458. The molecule has 2 N–H and O–H groups in total. The van der Waals surface area contributed by atoms with E-state index in [0.717, 1.165) is 38.4 Å². The molecule has 2 fully saturated rings. The number of nitrogens with zero attached hydrogens (tertiary/aromatic N) is 2. The summed E-state index contributed by atoms with van der Waals surface area (Å²) in [6, 6.07) is 18.3. The number of benzene rings is 2. The molecule has 0 amide bonds. The van der Waals surface area contributed by atoms with E-state index in [0.29, 0.717) is 18.0 Å². The SMILES string of the molecule is c1cc(CNC2CCCC2C2COCCN2)cc(Cn2cnc3ccccc32)c1. The number of morpholine rings is 1. The van der Waals surface area contributed by atoms with Crippen LogP contribution in [0.1, 0.15) is 30.4 Å². The van der Waals surface area contributed by atoms with E-state index in [9.17, 15) is 0 Å². The molecule has 1 saturated carbocycles. The molecule has 152 valence electrons. The van der Waals surface area contributed by atoms with E-state index >= 15 is 0 Å². The fourth-order valence-corrected chi connectivity index (χ4v) is 5.00. The summed E-state index contributed by atoms with van der Waals surface area (Å²) < 4.78 is 7.93. The average Bonchev–Trinajstić information content (AvgIpc) is 3.41. The number of hydrogen-bond acceptors (Lipinski definition) is 4. The maximum atomic E-state index is 5.70. The molecule has 1 aliphatic heterocycles. The summed E-state index contributed by atoms with van der Waals surface area (Å²) in [6.07, 6.45) is 5.82. The molecule has 3 atom stereocenters. The molecule has 5 nitrogen and oxygen atoms in total. The van der Waals surface area contributed by atoms with Gasteiger partial charge in [-0.2, -0.15) is 0 Å². The standard InChI is InChI=1S/C24H30N4O/c1-2-10-24-22(8-1)27-17-28(24)15-19-6-3-5-18(13-19)14-26-21-9-4-7-20(21)23-16-29-12-11-25-23/h1-3,5-6,8,10,13,17,20-21,23,25-26H,4,7,9,11-12,14-16H2. The summed E-state index contributed by atoms with van der Waals surface area (Å²) in [4.78, 5) is 4.51. The van der Waals surface area contributed by atoms with Crippen LogP contribution in [0.15, 0.2) is 54.9 Å². The molecule has 1 saturated heterocycles. The Bertz CT molecular complexity index is 947. The lowest BCUT2D eigenvalue weighted by Crippen LogP contribution is -2.50. The molecule has 3 unspecified atom stereocenters. The maximum absolute atomic E-state index is 5.70. The minimum atomic E-state index is 0.504. The van der Waals surface area contributed by atoms with Crippen LogP contribution in [0.2, 0.25) is 0 Å². The van der Waals surface area contributed by atoms with Crippen LogP contribution < -0.4 is 10.6 Å². The minimum absolute atomic E-state index is 0.504. The van der Waals surface area contributed by atoms with Crippen LogP contribution in [0.4, 0.5) is 0 Å². The van der Waals surface area contributed by atoms with E-state index < -0.39 is 0 Å².